The number of benzene rings is 3. The highest BCUT2D eigenvalue weighted by Gasteiger charge is 2.17. The van der Waals surface area contributed by atoms with Gasteiger partial charge in [0.1, 0.15) is 23.0 Å². The summed E-state index contributed by atoms with van der Waals surface area (Å²) >= 11 is 1.59. The SMILES string of the molecule is CCCOc1ccc(Oc2c(-c3ccc(OC)cc3)sc3cc(O)ccc23)cc1. The zero-order valence-electron chi connectivity index (χ0n) is 16.3. The number of methoxy groups -OCH3 is 1. The van der Waals surface area contributed by atoms with Gasteiger partial charge in [-0.1, -0.05) is 6.92 Å². The number of thiophene rings is 1. The van der Waals surface area contributed by atoms with E-state index in [1.807, 2.05) is 54.6 Å². The molecule has 0 saturated heterocycles. The standard InChI is InChI=1S/C24H22O4S/c1-3-14-27-19-9-11-20(12-10-19)28-23-21-13-6-17(25)15-22(21)29-24(23)16-4-7-18(26-2)8-5-16/h4-13,15,25H,3,14H2,1-2H3. The lowest BCUT2D eigenvalue weighted by Gasteiger charge is -2.10. The monoisotopic (exact) mass is 406 g/mol. The number of ether oxygens (including phenoxy) is 3. The van der Waals surface area contributed by atoms with E-state index in [0.29, 0.717) is 6.61 Å². The van der Waals surface area contributed by atoms with Crippen molar-refractivity contribution < 1.29 is 19.3 Å². The molecular weight excluding hydrogens is 384 g/mol. The first kappa shape index (κ1) is 19.2. The van der Waals surface area contributed by atoms with Crippen LogP contribution >= 0.6 is 11.3 Å². The lowest BCUT2D eigenvalue weighted by Crippen LogP contribution is -1.94. The van der Waals surface area contributed by atoms with Crippen LogP contribution in [-0.2, 0) is 0 Å². The van der Waals surface area contributed by atoms with Gasteiger partial charge in [-0.05, 0) is 78.7 Å². The van der Waals surface area contributed by atoms with E-state index in [1.165, 1.54) is 0 Å². The Morgan fingerprint density at radius 2 is 1.55 bits per heavy atom. The van der Waals surface area contributed by atoms with Crippen LogP contribution in [0.3, 0.4) is 0 Å². The molecule has 0 spiro atoms. The van der Waals surface area contributed by atoms with Gasteiger partial charge in [0.05, 0.1) is 18.6 Å². The first-order chi connectivity index (χ1) is 14.2. The second kappa shape index (κ2) is 8.45. The quantitative estimate of drug-likeness (QED) is 0.364. The van der Waals surface area contributed by atoms with Crippen molar-refractivity contribution in [2.45, 2.75) is 13.3 Å². The molecule has 1 heterocycles. The minimum Gasteiger partial charge on any atom is -0.508 e. The van der Waals surface area contributed by atoms with E-state index in [2.05, 4.69) is 6.92 Å². The summed E-state index contributed by atoms with van der Waals surface area (Å²) in [6.07, 6.45) is 0.969. The summed E-state index contributed by atoms with van der Waals surface area (Å²) in [5, 5.41) is 10.9. The van der Waals surface area contributed by atoms with Crippen molar-refractivity contribution in [1.82, 2.24) is 0 Å². The summed E-state index contributed by atoms with van der Waals surface area (Å²) in [5.41, 5.74) is 1.03. The molecule has 3 aromatic carbocycles. The Morgan fingerprint density at radius 3 is 2.24 bits per heavy atom. The first-order valence-electron chi connectivity index (χ1n) is 9.48. The summed E-state index contributed by atoms with van der Waals surface area (Å²) in [6.45, 7) is 2.78. The Labute approximate surface area is 173 Å². The summed E-state index contributed by atoms with van der Waals surface area (Å²) < 4.78 is 18.2. The van der Waals surface area contributed by atoms with Crippen LogP contribution in [0.5, 0.6) is 28.7 Å². The molecule has 0 radical (unpaired) electrons. The van der Waals surface area contributed by atoms with Gasteiger partial charge in [-0.3, -0.25) is 0 Å². The molecule has 0 amide bonds. The molecule has 1 N–H and O–H groups in total. The van der Waals surface area contributed by atoms with Gasteiger partial charge in [0.2, 0.25) is 0 Å². The Balaban J connectivity index is 1.73. The number of hydrogen-bond acceptors (Lipinski definition) is 5. The summed E-state index contributed by atoms with van der Waals surface area (Å²) in [5.74, 6) is 3.38. The van der Waals surface area contributed by atoms with Gasteiger partial charge in [0.25, 0.3) is 0 Å². The van der Waals surface area contributed by atoms with E-state index in [9.17, 15) is 5.11 Å². The van der Waals surface area contributed by atoms with Gasteiger partial charge in [0, 0.05) is 10.1 Å². The smallest absolute Gasteiger partial charge is 0.153 e. The number of hydrogen-bond donors (Lipinski definition) is 1. The minimum absolute atomic E-state index is 0.240. The van der Waals surface area contributed by atoms with Crippen molar-refractivity contribution in [1.29, 1.82) is 0 Å². The first-order valence-corrected chi connectivity index (χ1v) is 10.3. The molecule has 0 saturated carbocycles. The maximum atomic E-state index is 9.90. The van der Waals surface area contributed by atoms with Crippen LogP contribution in [0.4, 0.5) is 0 Å². The molecule has 4 aromatic rings. The van der Waals surface area contributed by atoms with Gasteiger partial charge in [0.15, 0.2) is 5.75 Å². The van der Waals surface area contributed by atoms with Crippen LogP contribution in [0.15, 0.2) is 66.7 Å². The summed E-state index contributed by atoms with van der Waals surface area (Å²) in [6, 6.07) is 20.9. The third-order valence-electron chi connectivity index (χ3n) is 4.50. The molecule has 0 aliphatic heterocycles. The molecule has 5 heteroatoms. The van der Waals surface area contributed by atoms with Gasteiger partial charge in [-0.25, -0.2) is 0 Å². The average Bonchev–Trinajstić information content (AvgIpc) is 3.10. The summed E-state index contributed by atoms with van der Waals surface area (Å²) in [4.78, 5) is 1.000. The predicted molar refractivity (Wildman–Crippen MR) is 118 cm³/mol. The fraction of sp³-hybridized carbons (Fsp3) is 0.167. The molecule has 0 bridgehead atoms. The van der Waals surface area contributed by atoms with Crippen LogP contribution < -0.4 is 14.2 Å². The second-order valence-electron chi connectivity index (χ2n) is 6.59. The fourth-order valence-electron chi connectivity index (χ4n) is 3.04. The van der Waals surface area contributed by atoms with Crippen LogP contribution in [0, 0.1) is 0 Å². The molecule has 0 unspecified atom stereocenters. The number of fused-ring (bicyclic) bond motifs is 1. The molecule has 0 atom stereocenters. The molecule has 0 fully saturated rings. The van der Waals surface area contributed by atoms with Crippen molar-refractivity contribution in [2.24, 2.45) is 0 Å². The van der Waals surface area contributed by atoms with E-state index >= 15 is 0 Å². The zero-order chi connectivity index (χ0) is 20.2. The van der Waals surface area contributed by atoms with Gasteiger partial charge in [-0.2, -0.15) is 0 Å². The summed E-state index contributed by atoms with van der Waals surface area (Å²) in [7, 11) is 1.65. The molecule has 4 nitrogen and oxygen atoms in total. The topological polar surface area (TPSA) is 47.9 Å². The van der Waals surface area contributed by atoms with Crippen molar-refractivity contribution >= 4 is 21.4 Å². The number of aromatic hydroxyl groups is 1. The van der Waals surface area contributed by atoms with E-state index in [-0.39, 0.29) is 5.75 Å². The largest absolute Gasteiger partial charge is 0.508 e. The number of phenolic OH excluding ortho intramolecular Hbond substituents is 1. The number of rotatable bonds is 7. The fourth-order valence-corrected chi connectivity index (χ4v) is 4.21. The van der Waals surface area contributed by atoms with E-state index in [1.54, 1.807) is 30.6 Å². The lowest BCUT2D eigenvalue weighted by molar-refractivity contribution is 0.317. The van der Waals surface area contributed by atoms with E-state index < -0.39 is 0 Å². The van der Waals surface area contributed by atoms with Crippen molar-refractivity contribution in [2.75, 3.05) is 13.7 Å². The van der Waals surface area contributed by atoms with Crippen LogP contribution in [0.2, 0.25) is 0 Å². The lowest BCUT2D eigenvalue weighted by atomic mass is 10.1. The normalized spacial score (nSPS) is 10.8. The van der Waals surface area contributed by atoms with Gasteiger partial charge >= 0.3 is 0 Å². The molecule has 1 aromatic heterocycles. The van der Waals surface area contributed by atoms with E-state index in [4.69, 9.17) is 14.2 Å². The number of phenols is 1. The second-order valence-corrected chi connectivity index (χ2v) is 7.64. The van der Waals surface area contributed by atoms with Crippen LogP contribution in [0.25, 0.3) is 20.5 Å². The minimum atomic E-state index is 0.240. The molecule has 148 valence electrons. The van der Waals surface area contributed by atoms with Gasteiger partial charge < -0.3 is 19.3 Å². The third kappa shape index (κ3) is 4.15. The molecule has 0 aliphatic carbocycles. The highest BCUT2D eigenvalue weighted by Crippen LogP contribution is 2.47. The molecule has 4 rings (SSSR count). The van der Waals surface area contributed by atoms with Crippen molar-refractivity contribution in [3.05, 3.63) is 66.7 Å². The zero-order valence-corrected chi connectivity index (χ0v) is 17.2. The molecule has 29 heavy (non-hydrogen) atoms. The van der Waals surface area contributed by atoms with Crippen LogP contribution in [0.1, 0.15) is 13.3 Å². The Morgan fingerprint density at radius 1 is 0.862 bits per heavy atom. The predicted octanol–water partition coefficient (Wildman–Crippen LogP) is 6.86. The highest BCUT2D eigenvalue weighted by molar-refractivity contribution is 7.22. The van der Waals surface area contributed by atoms with Crippen LogP contribution in [-0.4, -0.2) is 18.8 Å². The molecular formula is C24H22O4S. The Hall–Kier alpha value is -3.18. The average molecular weight is 407 g/mol. The Kier molecular flexibility index (Phi) is 5.58. The third-order valence-corrected chi connectivity index (χ3v) is 5.68. The maximum absolute atomic E-state index is 9.90. The van der Waals surface area contributed by atoms with Crippen molar-refractivity contribution in [3.63, 3.8) is 0 Å². The van der Waals surface area contributed by atoms with Gasteiger partial charge in [-0.15, -0.1) is 11.3 Å². The maximum Gasteiger partial charge on any atom is 0.153 e. The van der Waals surface area contributed by atoms with E-state index in [0.717, 1.165) is 49.9 Å². The molecule has 0 aliphatic rings. The highest BCUT2D eigenvalue weighted by atomic mass is 32.1. The Bertz CT molecular complexity index is 1100. The van der Waals surface area contributed by atoms with Crippen molar-refractivity contribution in [3.8, 4) is 39.2 Å².